The number of nitrogens with two attached hydrogens (primary N) is 1. The van der Waals surface area contributed by atoms with Crippen molar-refractivity contribution in [2.45, 2.75) is 57.6 Å². The Hall–Kier alpha value is -3.96. The van der Waals surface area contributed by atoms with Crippen LogP contribution in [0.2, 0.25) is 0 Å². The van der Waals surface area contributed by atoms with Gasteiger partial charge in [0.25, 0.3) is 5.91 Å². The standard InChI is InChI=1S/C29H29F2N5O3S/c1-29(2,3)35-40(38,39)25-12-21(14-31)20(13-30)11-22(25)17-8-9-24-23(10-17)26(34-28(32)33-24)27(37)36-15-18-6-4-5-7-19(18)16-36/h4-12,35H,13-16H2,1-3H3,(H2,32,33,34). The molecule has 0 unspecified atom stereocenters. The smallest absolute Gasteiger partial charge is 0.273 e. The van der Waals surface area contributed by atoms with Crippen molar-refractivity contribution in [1.82, 2.24) is 19.6 Å². The molecule has 208 valence electrons. The Labute approximate surface area is 231 Å². The van der Waals surface area contributed by atoms with Crippen LogP contribution < -0.4 is 10.5 Å². The second-order valence-electron chi connectivity index (χ2n) is 10.8. The van der Waals surface area contributed by atoms with Crippen LogP contribution in [0.15, 0.2) is 59.5 Å². The van der Waals surface area contributed by atoms with Crippen molar-refractivity contribution in [3.8, 4) is 11.1 Å². The number of nitrogens with zero attached hydrogens (tertiary/aromatic N) is 3. The van der Waals surface area contributed by atoms with Crippen LogP contribution in [0.4, 0.5) is 14.7 Å². The number of rotatable bonds is 6. The molecule has 0 aliphatic carbocycles. The van der Waals surface area contributed by atoms with E-state index in [2.05, 4.69) is 14.7 Å². The molecule has 3 aromatic carbocycles. The lowest BCUT2D eigenvalue weighted by molar-refractivity contribution is 0.0747. The van der Waals surface area contributed by atoms with Crippen LogP contribution in [-0.2, 0) is 36.5 Å². The zero-order valence-corrected chi connectivity index (χ0v) is 23.1. The van der Waals surface area contributed by atoms with Crippen LogP contribution in [0.5, 0.6) is 0 Å². The summed E-state index contributed by atoms with van der Waals surface area (Å²) in [5.74, 6) is -0.433. The summed E-state index contributed by atoms with van der Waals surface area (Å²) >= 11 is 0. The predicted molar refractivity (Wildman–Crippen MR) is 149 cm³/mol. The number of aromatic nitrogens is 2. The van der Waals surface area contributed by atoms with Gasteiger partial charge in [-0.15, -0.1) is 0 Å². The largest absolute Gasteiger partial charge is 0.368 e. The normalized spacial score (nSPS) is 13.6. The first-order valence-corrected chi connectivity index (χ1v) is 14.1. The lowest BCUT2D eigenvalue weighted by Gasteiger charge is -2.23. The minimum absolute atomic E-state index is 0.0343. The summed E-state index contributed by atoms with van der Waals surface area (Å²) in [5.41, 5.74) is 8.16. The van der Waals surface area contributed by atoms with Gasteiger partial charge in [-0.05, 0) is 72.9 Å². The number of benzene rings is 3. The average Bonchev–Trinajstić information content (AvgIpc) is 3.34. The summed E-state index contributed by atoms with van der Waals surface area (Å²) < 4.78 is 57.2. The van der Waals surface area contributed by atoms with Gasteiger partial charge < -0.3 is 10.6 Å². The second kappa shape index (κ2) is 10.2. The van der Waals surface area contributed by atoms with Crippen LogP contribution in [0, 0.1) is 0 Å². The number of nitrogen functional groups attached to an aromatic ring is 1. The molecular formula is C29H29F2N5O3S. The van der Waals surface area contributed by atoms with E-state index >= 15 is 0 Å². The van der Waals surface area contributed by atoms with Gasteiger partial charge in [0.15, 0.2) is 0 Å². The Morgan fingerprint density at radius 3 is 2.20 bits per heavy atom. The SMILES string of the molecule is CC(C)(C)NS(=O)(=O)c1cc(CF)c(CF)cc1-c1ccc2nc(N)nc(C(=O)N3Cc4ccccc4C3)c2c1. The molecule has 0 radical (unpaired) electrons. The molecule has 8 nitrogen and oxygen atoms in total. The first-order chi connectivity index (χ1) is 18.9. The van der Waals surface area contributed by atoms with Gasteiger partial charge in [0.2, 0.25) is 16.0 Å². The highest BCUT2D eigenvalue weighted by atomic mass is 32.2. The molecule has 5 rings (SSSR count). The van der Waals surface area contributed by atoms with Crippen molar-refractivity contribution in [2.24, 2.45) is 0 Å². The van der Waals surface area contributed by atoms with Gasteiger partial charge in [0, 0.05) is 29.6 Å². The van der Waals surface area contributed by atoms with Gasteiger partial charge in [0.1, 0.15) is 19.0 Å². The number of hydrogen-bond acceptors (Lipinski definition) is 6. The number of carbonyl (C=O) groups excluding carboxylic acids is 1. The fourth-order valence-corrected chi connectivity index (χ4v) is 6.60. The first-order valence-electron chi connectivity index (χ1n) is 12.7. The first kappa shape index (κ1) is 27.6. The van der Waals surface area contributed by atoms with Crippen molar-refractivity contribution in [2.75, 3.05) is 5.73 Å². The maximum atomic E-state index is 13.9. The molecule has 3 N–H and O–H groups in total. The van der Waals surface area contributed by atoms with Crippen LogP contribution >= 0.6 is 0 Å². The van der Waals surface area contributed by atoms with Crippen molar-refractivity contribution >= 4 is 32.8 Å². The molecule has 1 aliphatic rings. The minimum Gasteiger partial charge on any atom is -0.368 e. The molecular weight excluding hydrogens is 536 g/mol. The Kier molecular flexibility index (Phi) is 7.05. The van der Waals surface area contributed by atoms with Crippen molar-refractivity contribution in [3.05, 3.63) is 82.5 Å². The third-order valence-electron chi connectivity index (χ3n) is 6.67. The summed E-state index contributed by atoms with van der Waals surface area (Å²) in [6.45, 7) is 3.86. The summed E-state index contributed by atoms with van der Waals surface area (Å²) in [6.07, 6.45) is 0. The van der Waals surface area contributed by atoms with Crippen molar-refractivity contribution in [1.29, 1.82) is 0 Å². The molecule has 0 spiro atoms. The van der Waals surface area contributed by atoms with E-state index in [9.17, 15) is 22.0 Å². The molecule has 4 aromatic rings. The van der Waals surface area contributed by atoms with Crippen LogP contribution in [0.1, 0.15) is 53.5 Å². The van der Waals surface area contributed by atoms with Gasteiger partial charge in [0.05, 0.1) is 10.4 Å². The fourth-order valence-electron chi connectivity index (χ4n) is 4.93. The molecule has 0 atom stereocenters. The maximum absolute atomic E-state index is 13.9. The van der Waals surface area contributed by atoms with Crippen LogP contribution in [0.3, 0.4) is 0 Å². The molecule has 0 saturated heterocycles. The van der Waals surface area contributed by atoms with E-state index in [0.717, 1.165) is 17.2 Å². The van der Waals surface area contributed by atoms with Crippen LogP contribution in [-0.4, -0.2) is 34.7 Å². The van der Waals surface area contributed by atoms with Crippen molar-refractivity contribution in [3.63, 3.8) is 0 Å². The molecule has 1 aliphatic heterocycles. The summed E-state index contributed by atoms with van der Waals surface area (Å²) in [5, 5.41) is 0.358. The van der Waals surface area contributed by atoms with Gasteiger partial charge in [-0.2, -0.15) is 0 Å². The number of sulfonamides is 1. The van der Waals surface area contributed by atoms with E-state index in [1.165, 1.54) is 6.07 Å². The molecule has 11 heteroatoms. The van der Waals surface area contributed by atoms with Crippen molar-refractivity contribution < 1.29 is 22.0 Å². The van der Waals surface area contributed by atoms with Gasteiger partial charge >= 0.3 is 0 Å². The monoisotopic (exact) mass is 565 g/mol. The topological polar surface area (TPSA) is 118 Å². The highest BCUT2D eigenvalue weighted by molar-refractivity contribution is 7.89. The van der Waals surface area contributed by atoms with E-state index < -0.39 is 28.9 Å². The minimum atomic E-state index is -4.15. The number of fused-ring (bicyclic) bond motifs is 2. The Morgan fingerprint density at radius 2 is 1.60 bits per heavy atom. The number of hydrogen-bond donors (Lipinski definition) is 2. The number of halogens is 2. The third kappa shape index (κ3) is 5.26. The van der Waals surface area contributed by atoms with E-state index in [0.29, 0.717) is 29.6 Å². The summed E-state index contributed by atoms with van der Waals surface area (Å²) in [6, 6.07) is 15.1. The molecule has 1 aromatic heterocycles. The van der Waals surface area contributed by atoms with Gasteiger partial charge in [-0.1, -0.05) is 30.3 Å². The summed E-state index contributed by atoms with van der Waals surface area (Å²) in [4.78, 5) is 23.6. The number of amides is 1. The third-order valence-corrected chi connectivity index (χ3v) is 8.47. The number of alkyl halides is 2. The van der Waals surface area contributed by atoms with E-state index in [1.54, 1.807) is 43.9 Å². The summed E-state index contributed by atoms with van der Waals surface area (Å²) in [7, 11) is -4.15. The lowest BCUT2D eigenvalue weighted by atomic mass is 9.98. The molecule has 0 bridgehead atoms. The highest BCUT2D eigenvalue weighted by Crippen LogP contribution is 2.35. The Bertz CT molecular complexity index is 1730. The average molecular weight is 566 g/mol. The Morgan fingerprint density at radius 1 is 0.975 bits per heavy atom. The van der Waals surface area contributed by atoms with E-state index in [4.69, 9.17) is 5.73 Å². The molecule has 0 saturated carbocycles. The zero-order chi connectivity index (χ0) is 28.8. The zero-order valence-electron chi connectivity index (χ0n) is 22.3. The lowest BCUT2D eigenvalue weighted by Crippen LogP contribution is -2.40. The van der Waals surface area contributed by atoms with E-state index in [-0.39, 0.29) is 39.1 Å². The number of nitrogens with one attached hydrogen (secondary N) is 1. The predicted octanol–water partition coefficient (Wildman–Crippen LogP) is 5.05. The van der Waals surface area contributed by atoms with E-state index in [1.807, 2.05) is 24.3 Å². The fraction of sp³-hybridized carbons (Fsp3) is 0.276. The highest BCUT2D eigenvalue weighted by Gasteiger charge is 2.29. The second-order valence-corrected chi connectivity index (χ2v) is 12.5. The molecule has 0 fully saturated rings. The molecule has 2 heterocycles. The van der Waals surface area contributed by atoms with Gasteiger partial charge in [-0.25, -0.2) is 31.9 Å². The number of carbonyl (C=O) groups is 1. The maximum Gasteiger partial charge on any atom is 0.273 e. The van der Waals surface area contributed by atoms with Crippen LogP contribution in [0.25, 0.3) is 22.0 Å². The Balaban J connectivity index is 1.67. The molecule has 40 heavy (non-hydrogen) atoms. The number of anilines is 1. The quantitative estimate of drug-likeness (QED) is 0.338. The molecule has 1 amide bonds. The van der Waals surface area contributed by atoms with Gasteiger partial charge in [-0.3, -0.25) is 4.79 Å².